The van der Waals surface area contributed by atoms with Crippen LogP contribution in [0, 0.1) is 5.41 Å². The van der Waals surface area contributed by atoms with Gasteiger partial charge in [0.1, 0.15) is 0 Å². The highest BCUT2D eigenvalue weighted by atomic mass is 32.1. The van der Waals surface area contributed by atoms with Crippen molar-refractivity contribution in [2.24, 2.45) is 5.41 Å². The normalized spacial score (nSPS) is 15.6. The van der Waals surface area contributed by atoms with Gasteiger partial charge in [0, 0.05) is 42.5 Å². The fourth-order valence-electron chi connectivity index (χ4n) is 4.41. The quantitative estimate of drug-likeness (QED) is 0.579. The van der Waals surface area contributed by atoms with Crippen LogP contribution in [0.2, 0.25) is 0 Å². The molecule has 0 saturated heterocycles. The van der Waals surface area contributed by atoms with Gasteiger partial charge in [-0.3, -0.25) is 14.6 Å². The van der Waals surface area contributed by atoms with Gasteiger partial charge in [0.2, 0.25) is 11.8 Å². The van der Waals surface area contributed by atoms with Gasteiger partial charge in [-0.1, -0.05) is 43.5 Å². The number of para-hydroxylation sites is 1. The summed E-state index contributed by atoms with van der Waals surface area (Å²) in [6.45, 7) is 0.439. The summed E-state index contributed by atoms with van der Waals surface area (Å²) in [4.78, 5) is 34.0. The maximum atomic E-state index is 12.9. The Morgan fingerprint density at radius 3 is 2.57 bits per heavy atom. The van der Waals surface area contributed by atoms with Crippen molar-refractivity contribution >= 4 is 39.2 Å². The van der Waals surface area contributed by atoms with Crippen LogP contribution >= 0.6 is 11.3 Å². The summed E-state index contributed by atoms with van der Waals surface area (Å²) in [5, 5.41) is 9.44. The van der Waals surface area contributed by atoms with E-state index in [0.717, 1.165) is 42.1 Å². The first-order chi connectivity index (χ1) is 14.6. The van der Waals surface area contributed by atoms with E-state index in [9.17, 15) is 9.59 Å². The number of benzene rings is 1. The molecule has 2 amide bonds. The van der Waals surface area contributed by atoms with E-state index in [0.29, 0.717) is 24.5 Å². The Balaban J connectivity index is 1.39. The van der Waals surface area contributed by atoms with Crippen molar-refractivity contribution < 1.29 is 9.59 Å². The van der Waals surface area contributed by atoms with Gasteiger partial charge in [-0.05, 0) is 29.9 Å². The molecule has 30 heavy (non-hydrogen) atoms. The summed E-state index contributed by atoms with van der Waals surface area (Å²) in [6, 6.07) is 9.93. The molecule has 1 aliphatic carbocycles. The smallest absolute Gasteiger partial charge is 0.226 e. The number of nitrogens with one attached hydrogen (secondary N) is 2. The van der Waals surface area contributed by atoms with Gasteiger partial charge in [-0.15, -0.1) is 11.3 Å². The van der Waals surface area contributed by atoms with Crippen molar-refractivity contribution in [3.05, 3.63) is 53.7 Å². The fourth-order valence-corrected chi connectivity index (χ4v) is 4.96. The molecule has 1 fully saturated rings. The fraction of sp³-hybridized carbons (Fsp3) is 0.391. The second kappa shape index (κ2) is 9.34. The third-order valence-electron chi connectivity index (χ3n) is 5.86. The lowest BCUT2D eigenvalue weighted by Gasteiger charge is -2.36. The number of carbonyl (C=O) groups is 2. The number of amides is 2. The Kier molecular flexibility index (Phi) is 6.38. The van der Waals surface area contributed by atoms with Gasteiger partial charge >= 0.3 is 0 Å². The number of carbonyl (C=O) groups excluding carboxylic acids is 2. The number of nitrogens with zero attached hydrogens (tertiary/aromatic N) is 2. The molecular formula is C23H26N4O2S. The Hall–Kier alpha value is -2.80. The van der Waals surface area contributed by atoms with Gasteiger partial charge in [-0.25, -0.2) is 4.98 Å². The lowest BCUT2D eigenvalue weighted by Crippen LogP contribution is -2.36. The van der Waals surface area contributed by atoms with Crippen LogP contribution in [0.3, 0.4) is 0 Å². The van der Waals surface area contributed by atoms with E-state index in [1.54, 1.807) is 12.4 Å². The third-order valence-corrected chi connectivity index (χ3v) is 6.54. The highest BCUT2D eigenvalue weighted by molar-refractivity contribution is 7.13. The van der Waals surface area contributed by atoms with Gasteiger partial charge in [0.15, 0.2) is 5.13 Å². The maximum Gasteiger partial charge on any atom is 0.226 e. The Bertz CT molecular complexity index is 1010. The second-order valence-corrected chi connectivity index (χ2v) is 8.96. The molecule has 7 heteroatoms. The van der Waals surface area contributed by atoms with Gasteiger partial charge in [0.25, 0.3) is 0 Å². The minimum atomic E-state index is -0.277. The van der Waals surface area contributed by atoms with Crippen molar-refractivity contribution in [3.63, 3.8) is 0 Å². The van der Waals surface area contributed by atoms with E-state index in [4.69, 9.17) is 0 Å². The molecule has 0 atom stereocenters. The largest absolute Gasteiger partial charge is 0.352 e. The zero-order valence-electron chi connectivity index (χ0n) is 16.9. The van der Waals surface area contributed by atoms with Gasteiger partial charge < -0.3 is 10.6 Å². The molecule has 1 aliphatic rings. The zero-order chi connectivity index (χ0) is 20.8. The van der Waals surface area contributed by atoms with Crippen molar-refractivity contribution in [2.75, 3.05) is 5.32 Å². The monoisotopic (exact) mass is 422 g/mol. The van der Waals surface area contributed by atoms with Crippen LogP contribution in [0.1, 0.15) is 50.5 Å². The number of fused-ring (bicyclic) bond motifs is 1. The molecule has 0 aliphatic heterocycles. The summed E-state index contributed by atoms with van der Waals surface area (Å²) in [5.74, 6) is -0.0650. The lowest BCUT2D eigenvalue weighted by atomic mass is 9.69. The Morgan fingerprint density at radius 1 is 0.967 bits per heavy atom. The van der Waals surface area contributed by atoms with Crippen LogP contribution < -0.4 is 10.6 Å². The van der Waals surface area contributed by atoms with E-state index in [1.807, 2.05) is 35.7 Å². The van der Waals surface area contributed by atoms with E-state index >= 15 is 0 Å². The molecule has 0 bridgehead atoms. The molecule has 0 spiro atoms. The highest BCUT2D eigenvalue weighted by Gasteiger charge is 2.36. The summed E-state index contributed by atoms with van der Waals surface area (Å²) >= 11 is 1.40. The van der Waals surface area contributed by atoms with E-state index < -0.39 is 0 Å². The summed E-state index contributed by atoms with van der Waals surface area (Å²) in [5.41, 5.74) is 1.64. The van der Waals surface area contributed by atoms with Crippen molar-refractivity contribution in [1.82, 2.24) is 15.3 Å². The predicted octanol–water partition coefficient (Wildman–Crippen LogP) is 4.68. The second-order valence-electron chi connectivity index (χ2n) is 8.07. The van der Waals surface area contributed by atoms with E-state index in [2.05, 4.69) is 20.6 Å². The average molecular weight is 423 g/mol. The molecule has 3 aromatic rings. The minimum absolute atomic E-state index is 0.00752. The number of hydrogen-bond acceptors (Lipinski definition) is 5. The summed E-state index contributed by atoms with van der Waals surface area (Å²) in [6.07, 6.45) is 9.27. The topological polar surface area (TPSA) is 84.0 Å². The third kappa shape index (κ3) is 5.02. The number of anilines is 1. The number of hydrogen-bond donors (Lipinski definition) is 2. The van der Waals surface area contributed by atoms with Crippen molar-refractivity contribution in [1.29, 1.82) is 0 Å². The first kappa shape index (κ1) is 20.5. The standard InChI is InChI=1S/C23H26N4O2S/c28-19(26-16-18-7-4-6-17-8-5-11-24-21(17)18)14-23(9-2-1-3-10-23)15-20(29)27-22-25-12-13-30-22/h4-8,11-13H,1-3,9-10,14-16H2,(H,26,28)(H,25,27,29). The number of aromatic nitrogens is 2. The molecule has 0 unspecified atom stereocenters. The average Bonchev–Trinajstić information content (AvgIpc) is 3.25. The van der Waals surface area contributed by atoms with Gasteiger partial charge in [0.05, 0.1) is 5.52 Å². The molecule has 2 aromatic heterocycles. The van der Waals surface area contributed by atoms with E-state index in [-0.39, 0.29) is 17.2 Å². The van der Waals surface area contributed by atoms with Crippen LogP contribution in [-0.4, -0.2) is 21.8 Å². The molecule has 156 valence electrons. The molecule has 2 heterocycles. The number of rotatable bonds is 7. The molecule has 1 saturated carbocycles. The molecule has 0 radical (unpaired) electrons. The molecular weight excluding hydrogens is 396 g/mol. The highest BCUT2D eigenvalue weighted by Crippen LogP contribution is 2.42. The lowest BCUT2D eigenvalue weighted by molar-refractivity contribution is -0.126. The molecule has 6 nitrogen and oxygen atoms in total. The molecule has 1 aromatic carbocycles. The van der Waals surface area contributed by atoms with Crippen LogP contribution in [-0.2, 0) is 16.1 Å². The van der Waals surface area contributed by atoms with E-state index in [1.165, 1.54) is 17.8 Å². The summed E-state index contributed by atoms with van der Waals surface area (Å²) < 4.78 is 0. The Labute approximate surface area is 180 Å². The van der Waals surface area contributed by atoms with Crippen LogP contribution in [0.15, 0.2) is 48.1 Å². The number of thiazole rings is 1. The SMILES string of the molecule is O=C(CC1(CC(=O)Nc2nccs2)CCCCC1)NCc1cccc2cccnc12. The first-order valence-electron chi connectivity index (χ1n) is 10.4. The zero-order valence-corrected chi connectivity index (χ0v) is 17.7. The minimum Gasteiger partial charge on any atom is -0.352 e. The first-order valence-corrected chi connectivity index (χ1v) is 11.3. The van der Waals surface area contributed by atoms with Crippen molar-refractivity contribution in [3.8, 4) is 0 Å². The maximum absolute atomic E-state index is 12.9. The van der Waals surface area contributed by atoms with Crippen molar-refractivity contribution in [2.45, 2.75) is 51.5 Å². The van der Waals surface area contributed by atoms with Gasteiger partial charge in [-0.2, -0.15) is 0 Å². The summed E-state index contributed by atoms with van der Waals surface area (Å²) in [7, 11) is 0. The van der Waals surface area contributed by atoms with Crippen LogP contribution in [0.4, 0.5) is 5.13 Å². The predicted molar refractivity (Wildman–Crippen MR) is 119 cm³/mol. The van der Waals surface area contributed by atoms with Crippen LogP contribution in [0.5, 0.6) is 0 Å². The molecule has 4 rings (SSSR count). The Morgan fingerprint density at radius 2 is 1.77 bits per heavy atom. The van der Waals surface area contributed by atoms with Crippen LogP contribution in [0.25, 0.3) is 10.9 Å². The number of pyridine rings is 1. The molecule has 2 N–H and O–H groups in total.